The van der Waals surface area contributed by atoms with Gasteiger partial charge in [-0.1, -0.05) is 0 Å². The molecule has 0 aliphatic rings. The molecule has 0 amide bonds. The molecule has 0 bridgehead atoms. The van der Waals surface area contributed by atoms with E-state index in [1.54, 1.807) is 12.4 Å². The summed E-state index contributed by atoms with van der Waals surface area (Å²) in [6, 6.07) is 5.52. The number of ether oxygens (including phenoxy) is 1. The summed E-state index contributed by atoms with van der Waals surface area (Å²) in [6.45, 7) is 3.24. The molecular formula is C11H14N4O. The first kappa shape index (κ1) is 10.5. The fourth-order valence-electron chi connectivity index (χ4n) is 1.46. The molecule has 2 heterocycles. The molecule has 0 saturated carbocycles. The lowest BCUT2D eigenvalue weighted by Crippen LogP contribution is -2.06. The monoisotopic (exact) mass is 218 g/mol. The van der Waals surface area contributed by atoms with E-state index in [0.717, 1.165) is 18.0 Å². The Kier molecular flexibility index (Phi) is 3.05. The third-order valence-corrected chi connectivity index (χ3v) is 2.20. The smallest absolute Gasteiger partial charge is 0.145 e. The zero-order valence-corrected chi connectivity index (χ0v) is 9.13. The van der Waals surface area contributed by atoms with E-state index in [1.807, 2.05) is 29.8 Å². The molecule has 0 saturated heterocycles. The standard InChI is InChI=1S/C11H14N4O/c1-2-15-9(6-11(12)14-15)8-16-10-4-3-5-13-7-10/h3-7H,2,8H2,1H3,(H2,12,14). The molecule has 2 aromatic rings. The molecule has 0 aliphatic heterocycles. The first-order valence-electron chi connectivity index (χ1n) is 5.14. The maximum atomic E-state index is 5.62. The van der Waals surface area contributed by atoms with Crippen LogP contribution in [0, 0.1) is 0 Å². The number of hydrogen-bond acceptors (Lipinski definition) is 4. The van der Waals surface area contributed by atoms with E-state index in [-0.39, 0.29) is 0 Å². The fourth-order valence-corrected chi connectivity index (χ4v) is 1.46. The molecule has 2 N–H and O–H groups in total. The number of anilines is 1. The van der Waals surface area contributed by atoms with Gasteiger partial charge in [0.05, 0.1) is 11.9 Å². The van der Waals surface area contributed by atoms with Crippen molar-refractivity contribution in [1.29, 1.82) is 0 Å². The Balaban J connectivity index is 2.04. The number of rotatable bonds is 4. The van der Waals surface area contributed by atoms with Crippen molar-refractivity contribution in [3.8, 4) is 5.75 Å². The molecule has 16 heavy (non-hydrogen) atoms. The molecule has 5 nitrogen and oxygen atoms in total. The van der Waals surface area contributed by atoms with Crippen LogP contribution in [0.2, 0.25) is 0 Å². The molecule has 0 spiro atoms. The topological polar surface area (TPSA) is 66.0 Å². The molecule has 0 fully saturated rings. The summed E-state index contributed by atoms with van der Waals surface area (Å²) in [5.41, 5.74) is 6.59. The molecule has 2 rings (SSSR count). The summed E-state index contributed by atoms with van der Waals surface area (Å²) in [5.74, 6) is 1.26. The number of aromatic nitrogens is 3. The zero-order chi connectivity index (χ0) is 11.4. The number of hydrogen-bond donors (Lipinski definition) is 1. The third-order valence-electron chi connectivity index (χ3n) is 2.20. The Morgan fingerprint density at radius 2 is 2.38 bits per heavy atom. The minimum atomic E-state index is 0.448. The maximum Gasteiger partial charge on any atom is 0.145 e. The highest BCUT2D eigenvalue weighted by Crippen LogP contribution is 2.12. The quantitative estimate of drug-likeness (QED) is 0.843. The third kappa shape index (κ3) is 2.31. The second kappa shape index (κ2) is 4.65. The van der Waals surface area contributed by atoms with E-state index >= 15 is 0 Å². The van der Waals surface area contributed by atoms with Crippen molar-refractivity contribution >= 4 is 5.82 Å². The lowest BCUT2D eigenvalue weighted by atomic mass is 10.4. The Bertz CT molecular complexity index is 452. The minimum absolute atomic E-state index is 0.448. The maximum absolute atomic E-state index is 5.62. The second-order valence-electron chi connectivity index (χ2n) is 3.35. The molecule has 0 atom stereocenters. The Labute approximate surface area is 93.9 Å². The van der Waals surface area contributed by atoms with Gasteiger partial charge in [-0.25, -0.2) is 0 Å². The Morgan fingerprint density at radius 3 is 3.06 bits per heavy atom. The van der Waals surface area contributed by atoms with Gasteiger partial charge in [0.1, 0.15) is 18.2 Å². The van der Waals surface area contributed by atoms with Crippen LogP contribution in [0.4, 0.5) is 5.82 Å². The predicted molar refractivity (Wildman–Crippen MR) is 60.9 cm³/mol. The molecular weight excluding hydrogens is 204 g/mol. The van der Waals surface area contributed by atoms with Crippen molar-refractivity contribution in [1.82, 2.24) is 14.8 Å². The lowest BCUT2D eigenvalue weighted by Gasteiger charge is -2.06. The number of nitrogens with two attached hydrogens (primary N) is 1. The highest BCUT2D eigenvalue weighted by Gasteiger charge is 2.04. The van der Waals surface area contributed by atoms with Crippen LogP contribution in [-0.2, 0) is 13.2 Å². The van der Waals surface area contributed by atoms with Crippen LogP contribution in [-0.4, -0.2) is 14.8 Å². The van der Waals surface area contributed by atoms with E-state index in [0.29, 0.717) is 12.4 Å². The van der Waals surface area contributed by atoms with Gasteiger partial charge >= 0.3 is 0 Å². The van der Waals surface area contributed by atoms with Gasteiger partial charge in [0.2, 0.25) is 0 Å². The number of aryl methyl sites for hydroxylation is 1. The van der Waals surface area contributed by atoms with E-state index in [9.17, 15) is 0 Å². The fraction of sp³-hybridized carbons (Fsp3) is 0.273. The molecule has 84 valence electrons. The first-order valence-corrected chi connectivity index (χ1v) is 5.14. The molecule has 0 aliphatic carbocycles. The summed E-state index contributed by atoms with van der Waals surface area (Å²) >= 11 is 0. The van der Waals surface area contributed by atoms with Crippen LogP contribution < -0.4 is 10.5 Å². The van der Waals surface area contributed by atoms with E-state index < -0.39 is 0 Å². The summed E-state index contributed by atoms with van der Waals surface area (Å²) in [5, 5.41) is 4.14. The highest BCUT2D eigenvalue weighted by atomic mass is 16.5. The van der Waals surface area contributed by atoms with Crippen LogP contribution in [0.5, 0.6) is 5.75 Å². The van der Waals surface area contributed by atoms with Gasteiger partial charge in [0.25, 0.3) is 0 Å². The van der Waals surface area contributed by atoms with Crippen LogP contribution in [0.3, 0.4) is 0 Å². The molecule has 0 unspecified atom stereocenters. The Hall–Kier alpha value is -2.04. The predicted octanol–water partition coefficient (Wildman–Crippen LogP) is 1.46. The van der Waals surface area contributed by atoms with Crippen LogP contribution in [0.25, 0.3) is 0 Å². The molecule has 0 aromatic carbocycles. The summed E-state index contributed by atoms with van der Waals surface area (Å²) in [6.07, 6.45) is 3.39. The normalized spacial score (nSPS) is 10.3. The van der Waals surface area contributed by atoms with Crippen LogP contribution >= 0.6 is 0 Å². The van der Waals surface area contributed by atoms with E-state index in [2.05, 4.69) is 10.1 Å². The van der Waals surface area contributed by atoms with Gasteiger partial charge in [-0.3, -0.25) is 9.67 Å². The first-order chi connectivity index (χ1) is 7.79. The number of pyridine rings is 1. The Morgan fingerprint density at radius 1 is 1.50 bits per heavy atom. The average molecular weight is 218 g/mol. The molecule has 5 heteroatoms. The van der Waals surface area contributed by atoms with Crippen molar-refractivity contribution in [2.75, 3.05) is 5.73 Å². The van der Waals surface area contributed by atoms with Crippen molar-refractivity contribution in [2.45, 2.75) is 20.1 Å². The van der Waals surface area contributed by atoms with Crippen LogP contribution in [0.1, 0.15) is 12.6 Å². The van der Waals surface area contributed by atoms with Crippen molar-refractivity contribution < 1.29 is 4.74 Å². The second-order valence-corrected chi connectivity index (χ2v) is 3.35. The summed E-state index contributed by atoms with van der Waals surface area (Å²) < 4.78 is 7.39. The molecule has 2 aromatic heterocycles. The van der Waals surface area contributed by atoms with E-state index in [1.165, 1.54) is 0 Å². The van der Waals surface area contributed by atoms with Gasteiger partial charge in [-0.05, 0) is 19.1 Å². The zero-order valence-electron chi connectivity index (χ0n) is 9.13. The minimum Gasteiger partial charge on any atom is -0.486 e. The van der Waals surface area contributed by atoms with Crippen LogP contribution in [0.15, 0.2) is 30.6 Å². The van der Waals surface area contributed by atoms with Gasteiger partial charge in [-0.15, -0.1) is 0 Å². The SMILES string of the molecule is CCn1nc(N)cc1COc1cccnc1. The largest absolute Gasteiger partial charge is 0.486 e. The van der Waals surface area contributed by atoms with Crippen molar-refractivity contribution in [3.63, 3.8) is 0 Å². The van der Waals surface area contributed by atoms with Gasteiger partial charge in [-0.2, -0.15) is 5.10 Å². The molecule has 0 radical (unpaired) electrons. The summed E-state index contributed by atoms with van der Waals surface area (Å²) in [7, 11) is 0. The van der Waals surface area contributed by atoms with Crippen molar-refractivity contribution in [3.05, 3.63) is 36.3 Å². The van der Waals surface area contributed by atoms with Gasteiger partial charge in [0, 0.05) is 18.8 Å². The highest BCUT2D eigenvalue weighted by molar-refractivity contribution is 5.29. The summed E-state index contributed by atoms with van der Waals surface area (Å²) in [4.78, 5) is 3.97. The number of nitrogens with zero attached hydrogens (tertiary/aromatic N) is 3. The van der Waals surface area contributed by atoms with Gasteiger partial charge < -0.3 is 10.5 Å². The lowest BCUT2D eigenvalue weighted by molar-refractivity contribution is 0.291. The van der Waals surface area contributed by atoms with E-state index in [4.69, 9.17) is 10.5 Å². The average Bonchev–Trinajstić information content (AvgIpc) is 2.68. The van der Waals surface area contributed by atoms with Crippen molar-refractivity contribution in [2.24, 2.45) is 0 Å². The van der Waals surface area contributed by atoms with Gasteiger partial charge in [0.15, 0.2) is 0 Å². The number of nitrogen functional groups attached to an aromatic ring is 1.